The lowest BCUT2D eigenvalue weighted by Gasteiger charge is -2.34. The van der Waals surface area contributed by atoms with Crippen molar-refractivity contribution in [2.45, 2.75) is 44.6 Å². The number of anilines is 1. The Bertz CT molecular complexity index is 883. The van der Waals surface area contributed by atoms with Gasteiger partial charge in [0.05, 0.1) is 22.2 Å². The largest absolute Gasteiger partial charge is 0.377 e. The minimum Gasteiger partial charge on any atom is -0.377 e. The summed E-state index contributed by atoms with van der Waals surface area (Å²) in [6.07, 6.45) is 8.69. The molecule has 8 nitrogen and oxygen atoms in total. The molecule has 27 heavy (non-hydrogen) atoms. The van der Waals surface area contributed by atoms with E-state index >= 15 is 0 Å². The first-order valence-corrected chi connectivity index (χ1v) is 9.75. The van der Waals surface area contributed by atoms with E-state index in [1.807, 2.05) is 0 Å². The Kier molecular flexibility index (Phi) is 5.07. The second kappa shape index (κ2) is 7.64. The Balaban J connectivity index is 1.46. The number of hydrogen-bond donors (Lipinski definition) is 2. The summed E-state index contributed by atoms with van der Waals surface area (Å²) in [6.45, 7) is 3.23. The molecular weight excluding hydrogens is 346 g/mol. The van der Waals surface area contributed by atoms with Crippen LogP contribution in [-0.4, -0.2) is 45.5 Å². The van der Waals surface area contributed by atoms with Gasteiger partial charge in [-0.15, -0.1) is 0 Å². The highest BCUT2D eigenvalue weighted by atomic mass is 16.6. The molecule has 1 saturated heterocycles. The minimum absolute atomic E-state index is 0.0746. The van der Waals surface area contributed by atoms with Gasteiger partial charge in [0, 0.05) is 31.7 Å². The average molecular weight is 371 g/mol. The molecule has 1 aromatic carbocycles. The minimum atomic E-state index is -0.441. The van der Waals surface area contributed by atoms with Crippen molar-refractivity contribution in [1.29, 1.82) is 0 Å². The molecule has 0 atom stereocenters. The molecule has 2 heterocycles. The van der Waals surface area contributed by atoms with Crippen LogP contribution < -0.4 is 10.9 Å². The summed E-state index contributed by atoms with van der Waals surface area (Å²) in [4.78, 5) is 32.1. The lowest BCUT2D eigenvalue weighted by atomic mass is 10.0. The van der Waals surface area contributed by atoms with Gasteiger partial charge < -0.3 is 15.2 Å². The Hall–Kier alpha value is -2.48. The van der Waals surface area contributed by atoms with E-state index in [0.29, 0.717) is 11.2 Å². The molecule has 0 unspecified atom stereocenters. The highest BCUT2D eigenvalue weighted by Crippen LogP contribution is 2.31. The lowest BCUT2D eigenvalue weighted by Crippen LogP contribution is -2.41. The van der Waals surface area contributed by atoms with E-state index in [1.165, 1.54) is 44.6 Å². The summed E-state index contributed by atoms with van der Waals surface area (Å²) >= 11 is 0. The number of nitro groups is 1. The van der Waals surface area contributed by atoms with Crippen LogP contribution in [0.3, 0.4) is 0 Å². The van der Waals surface area contributed by atoms with Crippen LogP contribution in [0.1, 0.15) is 38.5 Å². The van der Waals surface area contributed by atoms with E-state index in [2.05, 4.69) is 20.2 Å². The van der Waals surface area contributed by atoms with Crippen LogP contribution in [0.15, 0.2) is 23.3 Å². The molecular formula is C19H25N5O3. The van der Waals surface area contributed by atoms with Crippen molar-refractivity contribution in [3.05, 3.63) is 38.9 Å². The Morgan fingerprint density at radius 3 is 2.67 bits per heavy atom. The summed E-state index contributed by atoms with van der Waals surface area (Å²) in [5.74, 6) is 0.847. The van der Waals surface area contributed by atoms with Gasteiger partial charge in [0.15, 0.2) is 0 Å². The molecule has 0 bridgehead atoms. The van der Waals surface area contributed by atoms with Crippen LogP contribution >= 0.6 is 0 Å². The van der Waals surface area contributed by atoms with Crippen LogP contribution in [0, 0.1) is 16.0 Å². The molecule has 1 aliphatic carbocycles. The van der Waals surface area contributed by atoms with E-state index in [0.717, 1.165) is 31.8 Å². The third kappa shape index (κ3) is 3.95. The van der Waals surface area contributed by atoms with Gasteiger partial charge in [-0.1, -0.05) is 12.8 Å². The van der Waals surface area contributed by atoms with E-state index in [9.17, 15) is 14.9 Å². The normalized spacial score (nSPS) is 19.6. The fraction of sp³-hybridized carbons (Fsp3) is 0.579. The van der Waals surface area contributed by atoms with Crippen LogP contribution in [0.25, 0.3) is 10.9 Å². The molecule has 1 aromatic heterocycles. The van der Waals surface area contributed by atoms with E-state index in [1.54, 1.807) is 6.07 Å². The van der Waals surface area contributed by atoms with Crippen LogP contribution in [0.2, 0.25) is 0 Å². The predicted molar refractivity (Wildman–Crippen MR) is 104 cm³/mol. The third-order valence-corrected chi connectivity index (χ3v) is 5.89. The Morgan fingerprint density at radius 1 is 1.22 bits per heavy atom. The van der Waals surface area contributed by atoms with Crippen LogP contribution in [0.4, 0.5) is 11.4 Å². The molecule has 2 aliphatic rings. The molecule has 1 aliphatic heterocycles. The summed E-state index contributed by atoms with van der Waals surface area (Å²) in [6, 6.07) is 3.13. The van der Waals surface area contributed by atoms with Crippen molar-refractivity contribution in [1.82, 2.24) is 14.9 Å². The number of likely N-dealkylation sites (tertiary alicyclic amines) is 1. The van der Waals surface area contributed by atoms with Crippen LogP contribution in [-0.2, 0) is 0 Å². The van der Waals surface area contributed by atoms with Crippen molar-refractivity contribution in [3.63, 3.8) is 0 Å². The molecule has 144 valence electrons. The Morgan fingerprint density at radius 2 is 1.96 bits per heavy atom. The summed E-state index contributed by atoms with van der Waals surface area (Å²) in [5, 5.41) is 15.1. The van der Waals surface area contributed by atoms with Gasteiger partial charge >= 0.3 is 0 Å². The number of fused-ring (bicyclic) bond motifs is 1. The highest BCUT2D eigenvalue weighted by Gasteiger charge is 2.25. The Labute approximate surface area is 157 Å². The number of aromatic nitrogens is 2. The number of nitrogens with one attached hydrogen (secondary N) is 2. The molecule has 8 heteroatoms. The molecule has 1 saturated carbocycles. The topological polar surface area (TPSA) is 104 Å². The van der Waals surface area contributed by atoms with Crippen molar-refractivity contribution < 1.29 is 4.92 Å². The zero-order valence-corrected chi connectivity index (χ0v) is 15.3. The number of nitrogens with zero attached hydrogens (tertiary/aromatic N) is 3. The molecule has 0 spiro atoms. The second-order valence-corrected chi connectivity index (χ2v) is 7.74. The molecule has 2 N–H and O–H groups in total. The lowest BCUT2D eigenvalue weighted by molar-refractivity contribution is -0.383. The van der Waals surface area contributed by atoms with Gasteiger partial charge in [-0.3, -0.25) is 14.9 Å². The SMILES string of the molecule is O=c1[nH]cnc2cc(NC3CCN(CC4CCCC4)CC3)c([N+](=O)[O-])cc12. The molecule has 0 radical (unpaired) electrons. The van der Waals surface area contributed by atoms with Gasteiger partial charge in [-0.25, -0.2) is 4.98 Å². The highest BCUT2D eigenvalue weighted by molar-refractivity contribution is 5.86. The maximum atomic E-state index is 11.9. The van der Waals surface area contributed by atoms with Gasteiger partial charge in [0.1, 0.15) is 5.69 Å². The van der Waals surface area contributed by atoms with Crippen molar-refractivity contribution >= 4 is 22.3 Å². The van der Waals surface area contributed by atoms with Gasteiger partial charge in [-0.2, -0.15) is 0 Å². The molecule has 2 aromatic rings. The number of H-pyrrole nitrogens is 1. The monoisotopic (exact) mass is 371 g/mol. The standard InChI is InChI=1S/C19H25N5O3/c25-19-15-9-18(24(26)27)17(10-16(15)20-12-21-19)22-14-5-7-23(8-6-14)11-13-3-1-2-4-13/h9-10,12-14,22H,1-8,11H2,(H,20,21,25). The second-order valence-electron chi connectivity index (χ2n) is 7.74. The smallest absolute Gasteiger partial charge is 0.293 e. The van der Waals surface area contributed by atoms with E-state index in [4.69, 9.17) is 0 Å². The van der Waals surface area contributed by atoms with Gasteiger partial charge in [0.25, 0.3) is 11.2 Å². The van der Waals surface area contributed by atoms with Crippen molar-refractivity contribution in [3.8, 4) is 0 Å². The van der Waals surface area contributed by atoms with E-state index in [-0.39, 0.29) is 22.7 Å². The summed E-state index contributed by atoms with van der Waals surface area (Å²) in [5.41, 5.74) is 0.467. The maximum Gasteiger partial charge on any atom is 0.293 e. The summed E-state index contributed by atoms with van der Waals surface area (Å²) in [7, 11) is 0. The number of rotatable bonds is 5. The third-order valence-electron chi connectivity index (χ3n) is 5.89. The van der Waals surface area contributed by atoms with Crippen LogP contribution in [0.5, 0.6) is 0 Å². The summed E-state index contributed by atoms with van der Waals surface area (Å²) < 4.78 is 0. The maximum absolute atomic E-state index is 11.9. The first-order valence-electron chi connectivity index (χ1n) is 9.75. The number of piperidine rings is 1. The zero-order chi connectivity index (χ0) is 18.8. The predicted octanol–water partition coefficient (Wildman–Crippen LogP) is 2.90. The van der Waals surface area contributed by atoms with Gasteiger partial charge in [0.2, 0.25) is 0 Å². The van der Waals surface area contributed by atoms with E-state index < -0.39 is 4.92 Å². The van der Waals surface area contributed by atoms with Crippen molar-refractivity contribution in [2.75, 3.05) is 25.0 Å². The number of nitro benzene ring substituents is 1. The van der Waals surface area contributed by atoms with Gasteiger partial charge in [-0.05, 0) is 37.7 Å². The fourth-order valence-corrected chi connectivity index (χ4v) is 4.41. The molecule has 4 rings (SSSR count). The fourth-order valence-electron chi connectivity index (χ4n) is 4.41. The molecule has 0 amide bonds. The first-order chi connectivity index (χ1) is 13.1. The zero-order valence-electron chi connectivity index (χ0n) is 15.3. The number of benzene rings is 1. The number of hydrogen-bond acceptors (Lipinski definition) is 6. The van der Waals surface area contributed by atoms with Crippen molar-refractivity contribution in [2.24, 2.45) is 5.92 Å². The average Bonchev–Trinajstić information content (AvgIpc) is 3.16. The number of aromatic amines is 1. The molecule has 2 fully saturated rings. The quantitative estimate of drug-likeness (QED) is 0.619. The first kappa shape index (κ1) is 17.9.